The van der Waals surface area contributed by atoms with E-state index < -0.39 is 6.36 Å². The first-order chi connectivity index (χ1) is 12.0. The van der Waals surface area contributed by atoms with Gasteiger partial charge in [-0.25, -0.2) is 0 Å². The van der Waals surface area contributed by atoms with E-state index in [2.05, 4.69) is 10.1 Å². The minimum absolute atomic E-state index is 0.179. The van der Waals surface area contributed by atoms with E-state index in [9.17, 15) is 13.2 Å². The van der Waals surface area contributed by atoms with Crippen molar-refractivity contribution in [1.29, 1.82) is 0 Å². The highest BCUT2D eigenvalue weighted by molar-refractivity contribution is 5.43. The third-order valence-electron chi connectivity index (χ3n) is 3.71. The molecule has 0 bridgehead atoms. The predicted octanol–water partition coefficient (Wildman–Crippen LogP) is 3.69. The fraction of sp³-hybridized carbons (Fsp3) is 0.333. The zero-order valence-electron chi connectivity index (χ0n) is 13.4. The smallest absolute Gasteiger partial charge is 0.486 e. The second-order valence-electron chi connectivity index (χ2n) is 5.56. The largest absolute Gasteiger partial charge is 0.573 e. The van der Waals surface area contributed by atoms with Gasteiger partial charge in [0.1, 0.15) is 19.0 Å². The molecule has 1 aliphatic rings. The summed E-state index contributed by atoms with van der Waals surface area (Å²) in [5.74, 6) is 1.29. The molecule has 0 aliphatic carbocycles. The van der Waals surface area contributed by atoms with Gasteiger partial charge in [0.05, 0.1) is 0 Å². The number of rotatable bonds is 6. The number of ether oxygens (including phenoxy) is 3. The molecule has 4 nitrogen and oxygen atoms in total. The van der Waals surface area contributed by atoms with Crippen molar-refractivity contribution >= 4 is 0 Å². The van der Waals surface area contributed by atoms with E-state index in [1.807, 2.05) is 18.2 Å². The van der Waals surface area contributed by atoms with E-state index in [4.69, 9.17) is 9.47 Å². The fourth-order valence-electron chi connectivity index (χ4n) is 2.57. The molecule has 0 atom stereocenters. The van der Waals surface area contributed by atoms with Crippen LogP contribution in [0.15, 0.2) is 42.5 Å². The van der Waals surface area contributed by atoms with Crippen molar-refractivity contribution in [3.63, 3.8) is 0 Å². The minimum Gasteiger partial charge on any atom is -0.486 e. The zero-order valence-corrected chi connectivity index (χ0v) is 13.4. The summed E-state index contributed by atoms with van der Waals surface area (Å²) in [5, 5.41) is 3.14. The number of hydrogen-bond acceptors (Lipinski definition) is 4. The van der Waals surface area contributed by atoms with Crippen LogP contribution in [-0.2, 0) is 13.0 Å². The molecule has 0 saturated carbocycles. The molecular weight excluding hydrogens is 335 g/mol. The SMILES string of the molecule is FC(F)(F)Oc1ccccc1CNCCc1ccc2c(c1)OCCO2. The Bertz CT molecular complexity index is 719. The van der Waals surface area contributed by atoms with Crippen molar-refractivity contribution in [2.24, 2.45) is 0 Å². The molecule has 0 radical (unpaired) electrons. The molecule has 1 aliphatic heterocycles. The van der Waals surface area contributed by atoms with Gasteiger partial charge < -0.3 is 19.5 Å². The average Bonchev–Trinajstić information content (AvgIpc) is 2.58. The van der Waals surface area contributed by atoms with E-state index in [0.717, 1.165) is 23.5 Å². The maximum atomic E-state index is 12.4. The van der Waals surface area contributed by atoms with Crippen LogP contribution >= 0.6 is 0 Å². The molecule has 7 heteroatoms. The summed E-state index contributed by atoms with van der Waals surface area (Å²) in [5.41, 5.74) is 1.53. The van der Waals surface area contributed by atoms with E-state index in [1.54, 1.807) is 12.1 Å². The Kier molecular flexibility index (Phi) is 5.33. The Morgan fingerprint density at radius 2 is 1.76 bits per heavy atom. The average molecular weight is 353 g/mol. The predicted molar refractivity (Wildman–Crippen MR) is 86.0 cm³/mol. The number of para-hydroxylation sites is 1. The van der Waals surface area contributed by atoms with E-state index in [0.29, 0.717) is 25.3 Å². The van der Waals surface area contributed by atoms with Crippen molar-refractivity contribution in [3.05, 3.63) is 53.6 Å². The molecule has 2 aromatic rings. The first-order valence-corrected chi connectivity index (χ1v) is 7.94. The van der Waals surface area contributed by atoms with E-state index in [1.165, 1.54) is 12.1 Å². The Balaban J connectivity index is 1.52. The van der Waals surface area contributed by atoms with Crippen LogP contribution in [0.4, 0.5) is 13.2 Å². The number of fused-ring (bicyclic) bond motifs is 1. The second-order valence-corrected chi connectivity index (χ2v) is 5.56. The van der Waals surface area contributed by atoms with Crippen LogP contribution in [0, 0.1) is 0 Å². The molecule has 1 N–H and O–H groups in total. The lowest BCUT2D eigenvalue weighted by molar-refractivity contribution is -0.274. The number of nitrogens with one attached hydrogen (secondary N) is 1. The minimum atomic E-state index is -4.69. The summed E-state index contributed by atoms with van der Waals surface area (Å²) in [4.78, 5) is 0. The summed E-state index contributed by atoms with van der Waals surface area (Å²) in [6.45, 7) is 1.98. The van der Waals surface area contributed by atoms with Crippen molar-refractivity contribution < 1.29 is 27.4 Å². The Morgan fingerprint density at radius 3 is 2.56 bits per heavy atom. The van der Waals surface area contributed by atoms with Crippen LogP contribution in [-0.4, -0.2) is 26.1 Å². The third kappa shape index (κ3) is 5.03. The standard InChI is InChI=1S/C18H18F3NO3/c19-18(20,21)25-15-4-2-1-3-14(15)12-22-8-7-13-5-6-16-17(11-13)24-10-9-23-16/h1-6,11,22H,7-10,12H2. The molecule has 0 fully saturated rings. The number of alkyl halides is 3. The van der Waals surface area contributed by atoms with Crippen LogP contribution in [0.5, 0.6) is 17.2 Å². The molecule has 0 saturated heterocycles. The number of benzene rings is 2. The summed E-state index contributed by atoms with van der Waals surface area (Å²) in [6, 6.07) is 11.9. The lowest BCUT2D eigenvalue weighted by Crippen LogP contribution is -2.21. The molecule has 1 heterocycles. The first kappa shape index (κ1) is 17.4. The van der Waals surface area contributed by atoms with Crippen molar-refractivity contribution in [2.45, 2.75) is 19.3 Å². The summed E-state index contributed by atoms with van der Waals surface area (Å²) < 4.78 is 52.3. The molecule has 0 aromatic heterocycles. The molecule has 0 unspecified atom stereocenters. The Hall–Kier alpha value is -2.41. The number of halogens is 3. The van der Waals surface area contributed by atoms with Gasteiger partial charge >= 0.3 is 6.36 Å². The molecule has 3 rings (SSSR count). The van der Waals surface area contributed by atoms with Crippen LogP contribution in [0.25, 0.3) is 0 Å². The van der Waals surface area contributed by atoms with Crippen LogP contribution < -0.4 is 19.5 Å². The molecule has 0 amide bonds. The monoisotopic (exact) mass is 353 g/mol. The molecule has 25 heavy (non-hydrogen) atoms. The van der Waals surface area contributed by atoms with Gasteiger partial charge in [-0.05, 0) is 36.7 Å². The van der Waals surface area contributed by atoms with Gasteiger partial charge in [-0.15, -0.1) is 13.2 Å². The second kappa shape index (κ2) is 7.65. The van der Waals surface area contributed by atoms with Gasteiger partial charge in [-0.2, -0.15) is 0 Å². The lowest BCUT2D eigenvalue weighted by Gasteiger charge is -2.19. The van der Waals surface area contributed by atoms with E-state index in [-0.39, 0.29) is 12.3 Å². The van der Waals surface area contributed by atoms with Gasteiger partial charge in [-0.3, -0.25) is 0 Å². The van der Waals surface area contributed by atoms with Gasteiger partial charge in [0.25, 0.3) is 0 Å². The molecule has 0 spiro atoms. The maximum absolute atomic E-state index is 12.4. The van der Waals surface area contributed by atoms with Crippen LogP contribution in [0.2, 0.25) is 0 Å². The van der Waals surface area contributed by atoms with Gasteiger partial charge in [-0.1, -0.05) is 24.3 Å². The van der Waals surface area contributed by atoms with Crippen molar-refractivity contribution in [2.75, 3.05) is 19.8 Å². The third-order valence-corrected chi connectivity index (χ3v) is 3.71. The molecular formula is C18H18F3NO3. The summed E-state index contributed by atoms with van der Waals surface area (Å²) >= 11 is 0. The van der Waals surface area contributed by atoms with Gasteiger partial charge in [0, 0.05) is 12.1 Å². The molecule has 134 valence electrons. The van der Waals surface area contributed by atoms with Crippen molar-refractivity contribution in [3.8, 4) is 17.2 Å². The highest BCUT2D eigenvalue weighted by Crippen LogP contribution is 2.31. The highest BCUT2D eigenvalue weighted by atomic mass is 19.4. The van der Waals surface area contributed by atoms with Gasteiger partial charge in [0.15, 0.2) is 11.5 Å². The maximum Gasteiger partial charge on any atom is 0.573 e. The zero-order chi connectivity index (χ0) is 17.7. The summed E-state index contributed by atoms with van der Waals surface area (Å²) in [7, 11) is 0. The van der Waals surface area contributed by atoms with Crippen molar-refractivity contribution in [1.82, 2.24) is 5.32 Å². The first-order valence-electron chi connectivity index (χ1n) is 7.94. The Labute approximate surface area is 143 Å². The normalized spacial score (nSPS) is 13.6. The van der Waals surface area contributed by atoms with Gasteiger partial charge in [0.2, 0.25) is 0 Å². The lowest BCUT2D eigenvalue weighted by atomic mass is 10.1. The quantitative estimate of drug-likeness (QED) is 0.804. The van der Waals surface area contributed by atoms with Crippen LogP contribution in [0.3, 0.4) is 0 Å². The fourth-order valence-corrected chi connectivity index (χ4v) is 2.57. The summed E-state index contributed by atoms with van der Waals surface area (Å²) in [6.07, 6.45) is -3.97. The van der Waals surface area contributed by atoms with E-state index >= 15 is 0 Å². The molecule has 2 aromatic carbocycles. The topological polar surface area (TPSA) is 39.7 Å². The number of hydrogen-bond donors (Lipinski definition) is 1. The van der Waals surface area contributed by atoms with Crippen LogP contribution in [0.1, 0.15) is 11.1 Å². The highest BCUT2D eigenvalue weighted by Gasteiger charge is 2.31. The Morgan fingerprint density at radius 1 is 1.00 bits per heavy atom.